The fourth-order valence-corrected chi connectivity index (χ4v) is 8.66. The Kier molecular flexibility index (Phi) is 12.1. The van der Waals surface area contributed by atoms with Gasteiger partial charge in [0.1, 0.15) is 54.8 Å². The zero-order chi connectivity index (χ0) is 43.4. The molecule has 2 unspecified atom stereocenters. The van der Waals surface area contributed by atoms with E-state index in [1.165, 1.54) is 13.1 Å². The first kappa shape index (κ1) is 43.5. The third kappa shape index (κ3) is 8.77. The maximum Gasteiger partial charge on any atom is 0.472 e. The van der Waals surface area contributed by atoms with Crippen LogP contribution in [0.2, 0.25) is 0 Å². The zero-order valence-corrected chi connectivity index (χ0v) is 32.5. The van der Waals surface area contributed by atoms with Crippen molar-refractivity contribution in [1.29, 1.82) is 0 Å². The number of nitrogens with two attached hydrogens (primary N) is 2. The van der Waals surface area contributed by atoms with Crippen molar-refractivity contribution in [3.05, 3.63) is 72.0 Å². The maximum atomic E-state index is 13.3. The van der Waals surface area contributed by atoms with Crippen molar-refractivity contribution in [2.24, 2.45) is 0 Å². The molecule has 4 aromatic rings. The molecule has 3 fully saturated rings. The molecule has 13 atom stereocenters. The number of hydrogen-bond donors (Lipinski definition) is 10. The number of fused-ring (bicyclic) bond motifs is 1. The number of hydrogen-bond acceptors (Lipinski definition) is 22. The van der Waals surface area contributed by atoms with E-state index in [4.69, 9.17) is 43.8 Å². The van der Waals surface area contributed by atoms with Crippen LogP contribution in [0.5, 0.6) is 0 Å². The molecule has 0 saturated carbocycles. The van der Waals surface area contributed by atoms with Gasteiger partial charge in [-0.15, -0.1) is 0 Å². The second-order valence-electron chi connectivity index (χ2n) is 13.7. The summed E-state index contributed by atoms with van der Waals surface area (Å²) in [5, 5.41) is 42.9. The topological polar surface area (TPSA) is 425 Å². The van der Waals surface area contributed by atoms with Crippen LogP contribution < -0.4 is 34.0 Å². The molecule has 7 rings (SSSR count). The number of phosphoric ester groups is 2. The maximum absolute atomic E-state index is 13.3. The largest absolute Gasteiger partial charge is 0.472 e. The monoisotopic (exact) mass is 892 g/mol. The highest BCUT2D eigenvalue weighted by Gasteiger charge is 2.52. The first-order valence-electron chi connectivity index (χ1n) is 17.6. The van der Waals surface area contributed by atoms with E-state index in [2.05, 4.69) is 24.9 Å². The summed E-state index contributed by atoms with van der Waals surface area (Å²) in [6.45, 7) is -1.36. The van der Waals surface area contributed by atoms with Crippen molar-refractivity contribution >= 4 is 38.6 Å². The van der Waals surface area contributed by atoms with Crippen molar-refractivity contribution in [3.8, 4) is 0 Å². The van der Waals surface area contributed by atoms with E-state index < -0.39 is 125 Å². The van der Waals surface area contributed by atoms with Crippen molar-refractivity contribution in [1.82, 2.24) is 38.6 Å². The first-order chi connectivity index (χ1) is 28.3. The average molecular weight is 893 g/mol. The molecule has 4 aromatic heterocycles. The van der Waals surface area contributed by atoms with Crippen LogP contribution in [0.3, 0.4) is 0 Å². The minimum atomic E-state index is -5.36. The number of anilines is 2. The van der Waals surface area contributed by atoms with E-state index in [1.54, 1.807) is 0 Å². The van der Waals surface area contributed by atoms with Crippen molar-refractivity contribution in [3.63, 3.8) is 0 Å². The minimum absolute atomic E-state index is 0.145. The van der Waals surface area contributed by atoms with Gasteiger partial charge in [-0.05, 0) is 13.0 Å². The van der Waals surface area contributed by atoms with Gasteiger partial charge in [-0.2, -0.15) is 9.97 Å². The number of aromatic amines is 2. The van der Waals surface area contributed by atoms with Crippen LogP contribution in [0.15, 0.2) is 44.0 Å². The van der Waals surface area contributed by atoms with Gasteiger partial charge in [0.15, 0.2) is 23.6 Å². The van der Waals surface area contributed by atoms with Gasteiger partial charge in [0.2, 0.25) is 5.95 Å². The minimum Gasteiger partial charge on any atom is -0.394 e. The Bertz CT molecular complexity index is 2580. The van der Waals surface area contributed by atoms with Crippen LogP contribution in [0.25, 0.3) is 11.2 Å². The predicted octanol–water partition coefficient (Wildman–Crippen LogP) is -4.44. The summed E-state index contributed by atoms with van der Waals surface area (Å²) >= 11 is 0. The zero-order valence-electron chi connectivity index (χ0n) is 30.7. The molecule has 3 saturated heterocycles. The SMILES string of the molecule is Cc1cn([C@H]2C[C@H](O)[C@@H](COP(=O)(O)O[C@H]3[C@@H](O)[C@H](n4ccc(N)nc4=O)O[C@@H]3COP(=O)(O)O[C@H]3[C@@H](O)[C@H](n4cnc5c(=O)[nH]c(N)nc54)O[C@@H]3CO)O2)c(=O)[nH]c1=O. The van der Waals surface area contributed by atoms with Crippen molar-refractivity contribution in [2.45, 2.75) is 80.9 Å². The number of nitrogen functional groups attached to an aromatic ring is 2. The van der Waals surface area contributed by atoms with E-state index in [-0.39, 0.29) is 34.9 Å². The molecule has 0 aliphatic carbocycles. The molecule has 3 aliphatic rings. The molecular formula is C29H38N10O19P2. The Morgan fingerprint density at radius 3 is 2.12 bits per heavy atom. The summed E-state index contributed by atoms with van der Waals surface area (Å²) in [7, 11) is -10.7. The molecule has 0 radical (unpaired) electrons. The van der Waals surface area contributed by atoms with Gasteiger partial charge in [0, 0.05) is 24.4 Å². The predicted molar refractivity (Wildman–Crippen MR) is 194 cm³/mol. The van der Waals surface area contributed by atoms with Gasteiger partial charge in [-0.3, -0.25) is 51.4 Å². The average Bonchev–Trinajstić information content (AvgIpc) is 3.92. The summed E-state index contributed by atoms with van der Waals surface area (Å²) in [5.74, 6) is -0.515. The summed E-state index contributed by atoms with van der Waals surface area (Å²) < 4.78 is 67.0. The van der Waals surface area contributed by atoms with Crippen molar-refractivity contribution in [2.75, 3.05) is 31.3 Å². The molecule has 3 aliphatic heterocycles. The van der Waals surface area contributed by atoms with Gasteiger partial charge < -0.3 is 55.9 Å². The molecule has 0 bridgehead atoms. The van der Waals surface area contributed by atoms with Gasteiger partial charge in [-0.1, -0.05) is 0 Å². The number of phosphoric acid groups is 2. The van der Waals surface area contributed by atoms with Crippen LogP contribution in [-0.4, -0.2) is 137 Å². The highest BCUT2D eigenvalue weighted by molar-refractivity contribution is 7.47. The fourth-order valence-electron chi connectivity index (χ4n) is 6.73. The number of nitrogens with one attached hydrogen (secondary N) is 2. The Morgan fingerprint density at radius 2 is 1.47 bits per heavy atom. The van der Waals surface area contributed by atoms with E-state index in [1.807, 2.05) is 0 Å². The molecule has 0 aromatic carbocycles. The van der Waals surface area contributed by atoms with Gasteiger partial charge in [0.25, 0.3) is 11.1 Å². The third-order valence-corrected chi connectivity index (χ3v) is 11.6. The van der Waals surface area contributed by atoms with Crippen molar-refractivity contribution < 1.29 is 71.6 Å². The van der Waals surface area contributed by atoms with E-state index >= 15 is 0 Å². The smallest absolute Gasteiger partial charge is 0.394 e. The molecule has 328 valence electrons. The lowest BCUT2D eigenvalue weighted by molar-refractivity contribution is -0.0629. The number of aliphatic hydroxyl groups excluding tert-OH is 4. The Hall–Kier alpha value is -4.55. The lowest BCUT2D eigenvalue weighted by Crippen LogP contribution is -2.38. The number of aromatic nitrogens is 8. The quantitative estimate of drug-likeness (QED) is 0.0534. The van der Waals surface area contributed by atoms with Gasteiger partial charge in [-0.25, -0.2) is 23.7 Å². The molecule has 29 nitrogen and oxygen atoms in total. The number of ether oxygens (including phenoxy) is 3. The second-order valence-corrected chi connectivity index (χ2v) is 16.5. The molecule has 60 heavy (non-hydrogen) atoms. The van der Waals surface area contributed by atoms with Crippen LogP contribution >= 0.6 is 15.6 Å². The van der Waals surface area contributed by atoms with E-state index in [9.17, 15) is 58.5 Å². The van der Waals surface area contributed by atoms with Gasteiger partial charge in [0.05, 0.1) is 32.3 Å². The normalized spacial score (nSPS) is 31.4. The number of imidazole rings is 1. The molecule has 7 heterocycles. The Labute approximate surface area is 332 Å². The number of nitrogens with zero attached hydrogens (tertiary/aromatic N) is 6. The van der Waals surface area contributed by atoms with Crippen LogP contribution in [0.1, 0.15) is 30.7 Å². The fraction of sp³-hybridized carbons (Fsp3) is 0.552. The van der Waals surface area contributed by atoms with Crippen LogP contribution in [0, 0.1) is 6.92 Å². The number of aliphatic hydroxyl groups is 4. The number of H-pyrrole nitrogens is 2. The first-order valence-corrected chi connectivity index (χ1v) is 20.6. The highest BCUT2D eigenvalue weighted by Crippen LogP contribution is 2.52. The summed E-state index contributed by atoms with van der Waals surface area (Å²) in [5.41, 5.74) is 7.76. The molecule has 0 spiro atoms. The highest BCUT2D eigenvalue weighted by atomic mass is 31.2. The molecule has 31 heteroatoms. The number of aryl methyl sites for hydroxylation is 1. The number of rotatable bonds is 14. The van der Waals surface area contributed by atoms with E-state index in [0.29, 0.717) is 0 Å². The summed E-state index contributed by atoms with van der Waals surface area (Å²) in [6.07, 6.45) is -14.8. The van der Waals surface area contributed by atoms with E-state index in [0.717, 1.165) is 32.3 Å². The third-order valence-electron chi connectivity index (χ3n) is 9.62. The summed E-state index contributed by atoms with van der Waals surface area (Å²) in [6, 6.07) is 1.16. The lowest BCUT2D eigenvalue weighted by Gasteiger charge is -2.25. The Balaban J connectivity index is 1.05. The molecule has 12 N–H and O–H groups in total. The molecule has 0 amide bonds. The Morgan fingerprint density at radius 1 is 0.850 bits per heavy atom. The van der Waals surface area contributed by atoms with Gasteiger partial charge >= 0.3 is 27.0 Å². The second kappa shape index (κ2) is 16.7. The van der Waals surface area contributed by atoms with Crippen LogP contribution in [0.4, 0.5) is 11.8 Å². The lowest BCUT2D eigenvalue weighted by atomic mass is 10.1. The summed E-state index contributed by atoms with van der Waals surface area (Å²) in [4.78, 5) is 86.3. The molecular weight excluding hydrogens is 854 g/mol. The standard InChI is InChI=1S/C29H38N10O19P2/c1-10-5-38(29(47)36-23(10)44)16-4-11(41)13(54-16)7-52-59(48,49)58-21-14(56-25(19(21)43)37-3-2-15(30)33-28(37)46)8-53-60(50,51)57-20-12(6-40)55-26(18(20)42)39-9-32-17-22(39)34-27(31)35-24(17)45/h2-3,5,9,11-14,16,18-21,25-26,40-43H,4,6-8H2,1H3,(H,48,49)(H,50,51)(H2,30,33,46)(H,36,44,47)(H3,31,34,35,45)/t11-,12+,13+,14+,16+,18+,19+,20+,21+,25+,26+/m0/s1. The van der Waals surface area contributed by atoms with Crippen LogP contribution in [-0.2, 0) is 41.4 Å².